The molecule has 47 heavy (non-hydrogen) atoms. The van der Waals surface area contributed by atoms with Crippen LogP contribution >= 0.6 is 0 Å². The van der Waals surface area contributed by atoms with E-state index in [1.165, 1.54) is 77.5 Å². The van der Waals surface area contributed by atoms with Crippen LogP contribution < -0.4 is 10.3 Å². The van der Waals surface area contributed by atoms with Gasteiger partial charge in [-0.2, -0.15) is 9.40 Å². The lowest BCUT2D eigenvalue weighted by molar-refractivity contribution is -0.928. The maximum absolute atomic E-state index is 13.3. The number of hydrogen-bond acceptors (Lipinski definition) is 8. The van der Waals surface area contributed by atoms with Crippen LogP contribution in [0, 0.1) is 0 Å². The van der Waals surface area contributed by atoms with Crippen LogP contribution in [0.15, 0.2) is 27.9 Å². The van der Waals surface area contributed by atoms with E-state index in [1.54, 1.807) is 6.07 Å². The molecule has 0 saturated carbocycles. The first-order chi connectivity index (χ1) is 22.5. The van der Waals surface area contributed by atoms with Crippen molar-refractivity contribution in [2.75, 3.05) is 66.0 Å². The second-order valence-corrected chi connectivity index (χ2v) is 14.3. The minimum atomic E-state index is -3.75. The number of likely N-dealkylation sites (N-methyl/N-ethyl adjacent to an activating group) is 1. The van der Waals surface area contributed by atoms with Crippen molar-refractivity contribution in [3.8, 4) is 17.1 Å². The van der Waals surface area contributed by atoms with E-state index < -0.39 is 15.6 Å². The third-order valence-electron chi connectivity index (χ3n) is 8.57. The van der Waals surface area contributed by atoms with Gasteiger partial charge in [0.1, 0.15) is 22.7 Å². The molecule has 1 aliphatic heterocycles. The van der Waals surface area contributed by atoms with E-state index in [9.17, 15) is 18.0 Å². The number of nitrogens with one attached hydrogen (secondary N) is 1. The largest absolute Gasteiger partial charge is 0.493 e. The van der Waals surface area contributed by atoms with E-state index in [2.05, 4.69) is 47.7 Å². The molecule has 3 aromatic rings. The number of aromatic amines is 1. The van der Waals surface area contributed by atoms with E-state index in [4.69, 9.17) is 4.74 Å². The Balaban J connectivity index is 0.000000392. The molecule has 3 heterocycles. The fourth-order valence-corrected chi connectivity index (χ4v) is 8.01. The summed E-state index contributed by atoms with van der Waals surface area (Å²) in [6, 6.07) is 4.56. The molecule has 12 nitrogen and oxygen atoms in total. The monoisotopic (exact) mass is 674 g/mol. The molecule has 2 aromatic heterocycles. The fourth-order valence-electron chi connectivity index (χ4n) is 6.57. The topological polar surface area (TPSA) is 130 Å². The first-order valence-electron chi connectivity index (χ1n) is 17.3. The van der Waals surface area contributed by atoms with E-state index in [-0.39, 0.29) is 27.4 Å². The molecule has 0 radical (unpaired) electrons. The summed E-state index contributed by atoms with van der Waals surface area (Å²) in [7, 11) is -1.79. The predicted octanol–water partition coefficient (Wildman–Crippen LogP) is 4.79. The zero-order valence-electron chi connectivity index (χ0n) is 29.5. The fraction of sp³-hybridized carbons (Fsp3) is 0.647. The number of nitrogens with zero attached hydrogens (tertiary/aromatic N) is 6. The normalized spacial score (nSPS) is 14.6. The van der Waals surface area contributed by atoms with Gasteiger partial charge in [0.15, 0.2) is 11.9 Å². The summed E-state index contributed by atoms with van der Waals surface area (Å²) in [5.41, 5.74) is 0.0878. The molecule has 1 N–H and O–H groups in total. The number of hydrogen-bond donors (Lipinski definition) is 1. The van der Waals surface area contributed by atoms with Gasteiger partial charge in [0, 0.05) is 32.7 Å². The van der Waals surface area contributed by atoms with Gasteiger partial charge in [-0.15, -0.1) is 0 Å². The lowest BCUT2D eigenvalue weighted by Crippen LogP contribution is -2.50. The van der Waals surface area contributed by atoms with Crippen LogP contribution in [0.5, 0.6) is 5.75 Å². The second-order valence-electron chi connectivity index (χ2n) is 12.4. The Morgan fingerprint density at radius 2 is 1.51 bits per heavy atom. The molecule has 0 unspecified atom stereocenters. The molecule has 13 heteroatoms. The highest BCUT2D eigenvalue weighted by molar-refractivity contribution is 7.89. The van der Waals surface area contributed by atoms with Crippen LogP contribution in [-0.2, 0) is 16.6 Å². The van der Waals surface area contributed by atoms with Crippen LogP contribution in [0.4, 0.5) is 0 Å². The number of aldehydes is 1. The van der Waals surface area contributed by atoms with Gasteiger partial charge >= 0.3 is 0 Å². The van der Waals surface area contributed by atoms with Gasteiger partial charge in [-0.25, -0.2) is 18.1 Å². The van der Waals surface area contributed by atoms with Gasteiger partial charge in [-0.3, -0.25) is 9.59 Å². The third kappa shape index (κ3) is 9.27. The number of aryl methyl sites for hydroxylation is 1. The van der Waals surface area contributed by atoms with Crippen LogP contribution in [-0.4, -0.2) is 114 Å². The average molecular weight is 675 g/mol. The number of aromatic nitrogens is 4. The van der Waals surface area contributed by atoms with Gasteiger partial charge in [-0.1, -0.05) is 34.6 Å². The summed E-state index contributed by atoms with van der Waals surface area (Å²) in [6.07, 6.45) is 6.59. The number of H-pyrrole nitrogens is 1. The zero-order chi connectivity index (χ0) is 34.6. The lowest BCUT2D eigenvalue weighted by Gasteiger charge is -2.38. The average Bonchev–Trinajstić information content (AvgIpc) is 3.40. The number of benzene rings is 1. The number of carbonyl (C=O) groups excluding carboxylic acids is 1. The smallest absolute Gasteiger partial charge is 0.263 e. The summed E-state index contributed by atoms with van der Waals surface area (Å²) in [6.45, 7) is 21.4. The molecule has 0 aliphatic carbocycles. The number of rotatable bonds is 16. The number of sulfonamides is 1. The maximum Gasteiger partial charge on any atom is 0.263 e. The van der Waals surface area contributed by atoms with Crippen molar-refractivity contribution in [1.29, 1.82) is 0 Å². The number of ether oxygens (including phenoxy) is 1. The lowest BCUT2D eigenvalue weighted by atomic mass is 10.2. The van der Waals surface area contributed by atoms with Gasteiger partial charge in [0.25, 0.3) is 5.56 Å². The van der Waals surface area contributed by atoms with E-state index in [0.29, 0.717) is 56.9 Å². The quantitative estimate of drug-likeness (QED) is 0.170. The number of carbonyl (C=O) groups is 1. The summed E-state index contributed by atoms with van der Waals surface area (Å²) in [5, 5.41) is 4.31. The van der Waals surface area contributed by atoms with Gasteiger partial charge in [0.05, 0.1) is 43.2 Å². The Labute approximate surface area is 280 Å². The number of fused-ring (bicyclic) bond motifs is 1. The standard InChI is InChI=1S/C22H28N6O5S.C12H28N/c1-4-8-28-21-19(17(14-29)25-28)22(30)24-20(23-21)16-13-15(6-7-18(16)33-5-2)34(31,32)27-11-9-26(3)10-12-27;1-5-9-13(10-6-2,11-7-3)12-8-4/h6-7,13-14H,4-5,8-12H2,1-3H3,(H,23,24,30);5-12H2,1-4H3/q;+1. The Kier molecular flexibility index (Phi) is 14.6. The van der Waals surface area contributed by atoms with E-state index in [0.717, 1.165) is 6.42 Å². The summed E-state index contributed by atoms with van der Waals surface area (Å²) in [5.74, 6) is 0.533. The van der Waals surface area contributed by atoms with Crippen LogP contribution in [0.2, 0.25) is 0 Å². The second kappa shape index (κ2) is 17.9. The van der Waals surface area contributed by atoms with Gasteiger partial charge < -0.3 is 19.1 Å². The highest BCUT2D eigenvalue weighted by Gasteiger charge is 2.29. The Hall–Kier alpha value is -3.13. The molecule has 262 valence electrons. The van der Waals surface area contributed by atoms with Crippen molar-refractivity contribution in [2.45, 2.75) is 85.1 Å². The van der Waals surface area contributed by atoms with Crippen LogP contribution in [0.3, 0.4) is 0 Å². The van der Waals surface area contributed by atoms with Crippen molar-refractivity contribution in [2.24, 2.45) is 0 Å². The molecular formula is C34H56N7O5S+. The molecule has 4 rings (SSSR count). The SMILES string of the molecule is CCC[N+](CCC)(CCC)CCC.CCCn1nc(C=O)c2c(=O)[nH]c(-c3cc(S(=O)(=O)N4CCN(C)CC4)ccc3OCC)nc21. The molecule has 0 amide bonds. The van der Waals surface area contributed by atoms with Gasteiger partial charge in [-0.05, 0) is 64.3 Å². The molecule has 1 fully saturated rings. The van der Waals surface area contributed by atoms with Crippen LogP contribution in [0.25, 0.3) is 22.4 Å². The van der Waals surface area contributed by atoms with Crippen LogP contribution in [0.1, 0.15) is 84.1 Å². The van der Waals surface area contributed by atoms with Crippen molar-refractivity contribution in [3.05, 3.63) is 34.2 Å². The molecular weight excluding hydrogens is 618 g/mol. The highest BCUT2D eigenvalue weighted by atomic mass is 32.2. The van der Waals surface area contributed by atoms with Crippen molar-refractivity contribution in [3.63, 3.8) is 0 Å². The minimum absolute atomic E-state index is 0.0141. The minimum Gasteiger partial charge on any atom is -0.493 e. The third-order valence-corrected chi connectivity index (χ3v) is 10.5. The summed E-state index contributed by atoms with van der Waals surface area (Å²) < 4.78 is 36.7. The Morgan fingerprint density at radius 3 is 2.02 bits per heavy atom. The molecule has 0 atom stereocenters. The number of piperazine rings is 1. The Morgan fingerprint density at radius 1 is 0.915 bits per heavy atom. The maximum atomic E-state index is 13.3. The molecule has 1 aliphatic rings. The first kappa shape index (κ1) is 38.3. The molecule has 0 spiro atoms. The van der Waals surface area contributed by atoms with Gasteiger partial charge in [0.2, 0.25) is 10.0 Å². The molecule has 1 saturated heterocycles. The predicted molar refractivity (Wildman–Crippen MR) is 188 cm³/mol. The number of quaternary nitrogens is 1. The molecule has 1 aromatic carbocycles. The van der Waals surface area contributed by atoms with E-state index >= 15 is 0 Å². The molecule has 0 bridgehead atoms. The van der Waals surface area contributed by atoms with E-state index in [1.807, 2.05) is 20.9 Å². The highest BCUT2D eigenvalue weighted by Crippen LogP contribution is 2.32. The summed E-state index contributed by atoms with van der Waals surface area (Å²) in [4.78, 5) is 33.8. The van der Waals surface area contributed by atoms with Crippen molar-refractivity contribution in [1.82, 2.24) is 29.0 Å². The zero-order valence-corrected chi connectivity index (χ0v) is 30.4. The summed E-state index contributed by atoms with van der Waals surface area (Å²) >= 11 is 0. The first-order valence-corrected chi connectivity index (χ1v) is 18.7. The van der Waals surface area contributed by atoms with Crippen molar-refractivity contribution < 1.29 is 22.4 Å². The Bertz CT molecular complexity index is 1580. The van der Waals surface area contributed by atoms with Crippen molar-refractivity contribution >= 4 is 27.3 Å².